The summed E-state index contributed by atoms with van der Waals surface area (Å²) in [5.74, 6) is 1.22. The molecule has 1 N–H and O–H groups in total. The van der Waals surface area contributed by atoms with Gasteiger partial charge < -0.3 is 14.5 Å². The van der Waals surface area contributed by atoms with Crippen molar-refractivity contribution in [2.24, 2.45) is 11.3 Å². The number of hydrogen-bond donors (Lipinski definition) is 1. The monoisotopic (exact) mass is 516 g/mol. The van der Waals surface area contributed by atoms with Crippen LogP contribution in [0.15, 0.2) is 46.9 Å². The number of aromatic nitrogens is 1. The summed E-state index contributed by atoms with van der Waals surface area (Å²) in [6.45, 7) is 10.7. The summed E-state index contributed by atoms with van der Waals surface area (Å²) in [4.78, 5) is 32.7. The second-order valence-electron chi connectivity index (χ2n) is 10.7. The Kier molecular flexibility index (Phi) is 6.67. The zero-order valence-electron chi connectivity index (χ0n) is 21.9. The highest BCUT2D eigenvalue weighted by Crippen LogP contribution is 2.44. The third-order valence-electron chi connectivity index (χ3n) is 7.15. The molecule has 4 aromatic rings. The van der Waals surface area contributed by atoms with E-state index in [1.165, 1.54) is 11.3 Å². The van der Waals surface area contributed by atoms with Crippen LogP contribution in [0.4, 0.5) is 5.00 Å². The van der Waals surface area contributed by atoms with Gasteiger partial charge in [0.05, 0.1) is 23.3 Å². The first-order chi connectivity index (χ1) is 17.7. The quantitative estimate of drug-likeness (QED) is 0.279. The third kappa shape index (κ3) is 4.92. The molecule has 0 fully saturated rings. The fourth-order valence-electron chi connectivity index (χ4n) is 5.06. The highest BCUT2D eigenvalue weighted by molar-refractivity contribution is 7.17. The van der Waals surface area contributed by atoms with E-state index in [2.05, 4.69) is 26.1 Å². The van der Waals surface area contributed by atoms with E-state index in [1.54, 1.807) is 13.0 Å². The molecule has 0 spiro atoms. The van der Waals surface area contributed by atoms with Crippen molar-refractivity contribution in [1.82, 2.24) is 4.98 Å². The van der Waals surface area contributed by atoms with Crippen LogP contribution in [0.2, 0.25) is 0 Å². The molecule has 1 aromatic carbocycles. The minimum atomic E-state index is -0.379. The number of nitrogens with zero attached hydrogens (tertiary/aromatic N) is 1. The van der Waals surface area contributed by atoms with E-state index < -0.39 is 0 Å². The van der Waals surface area contributed by atoms with Gasteiger partial charge in [0, 0.05) is 10.3 Å². The number of para-hydroxylation sites is 1. The molecule has 1 unspecified atom stereocenters. The normalized spacial score (nSPS) is 15.4. The van der Waals surface area contributed by atoms with E-state index in [4.69, 9.17) is 14.1 Å². The SMILES string of the molecule is CCOC(=O)c1c(NC(=O)c2cc(-c3ccc(C)o3)nc3ccccc23)sc2c1CCC(C(C)(C)C)C2. The lowest BCUT2D eigenvalue weighted by Crippen LogP contribution is -2.26. The topological polar surface area (TPSA) is 81.4 Å². The van der Waals surface area contributed by atoms with E-state index in [-0.39, 0.29) is 23.9 Å². The number of carbonyl (C=O) groups is 2. The Morgan fingerprint density at radius 3 is 2.68 bits per heavy atom. The average molecular weight is 517 g/mol. The molecule has 3 heterocycles. The summed E-state index contributed by atoms with van der Waals surface area (Å²) < 4.78 is 11.2. The molecule has 5 rings (SSSR count). The highest BCUT2D eigenvalue weighted by atomic mass is 32.1. The maximum Gasteiger partial charge on any atom is 0.341 e. The molecule has 7 heteroatoms. The van der Waals surface area contributed by atoms with E-state index in [0.717, 1.165) is 40.8 Å². The van der Waals surface area contributed by atoms with Gasteiger partial charge in [0.2, 0.25) is 0 Å². The van der Waals surface area contributed by atoms with Crippen LogP contribution in [0.25, 0.3) is 22.4 Å². The maximum absolute atomic E-state index is 13.8. The Balaban J connectivity index is 1.56. The number of fused-ring (bicyclic) bond motifs is 2. The van der Waals surface area contributed by atoms with Gasteiger partial charge in [0.15, 0.2) is 5.76 Å². The van der Waals surface area contributed by atoms with Crippen molar-refractivity contribution in [2.75, 3.05) is 11.9 Å². The molecule has 0 aliphatic heterocycles. The largest absolute Gasteiger partial charge is 0.462 e. The Morgan fingerprint density at radius 2 is 1.97 bits per heavy atom. The van der Waals surface area contributed by atoms with E-state index >= 15 is 0 Å². The molecule has 192 valence electrons. The van der Waals surface area contributed by atoms with Crippen LogP contribution >= 0.6 is 11.3 Å². The lowest BCUT2D eigenvalue weighted by Gasteiger charge is -2.33. The van der Waals surface area contributed by atoms with Crippen molar-refractivity contribution in [2.45, 2.75) is 53.9 Å². The van der Waals surface area contributed by atoms with Crippen LogP contribution in [0.1, 0.15) is 71.0 Å². The summed E-state index contributed by atoms with van der Waals surface area (Å²) in [5.41, 5.74) is 3.45. The zero-order valence-corrected chi connectivity index (χ0v) is 22.8. The number of aryl methyl sites for hydroxylation is 1. The Morgan fingerprint density at radius 1 is 1.19 bits per heavy atom. The van der Waals surface area contributed by atoms with Crippen molar-refractivity contribution in [3.8, 4) is 11.5 Å². The number of hydrogen-bond acceptors (Lipinski definition) is 6. The van der Waals surface area contributed by atoms with Gasteiger partial charge >= 0.3 is 5.97 Å². The molecule has 37 heavy (non-hydrogen) atoms. The number of furan rings is 1. The average Bonchev–Trinajstić information content (AvgIpc) is 3.45. The molecule has 0 radical (unpaired) electrons. The van der Waals surface area contributed by atoms with Crippen molar-refractivity contribution >= 4 is 39.1 Å². The number of benzene rings is 1. The van der Waals surface area contributed by atoms with Gasteiger partial charge in [0.1, 0.15) is 16.5 Å². The Hall–Kier alpha value is -3.45. The number of esters is 1. The molecule has 1 atom stereocenters. The van der Waals surface area contributed by atoms with E-state index in [9.17, 15) is 9.59 Å². The molecule has 0 bridgehead atoms. The lowest BCUT2D eigenvalue weighted by atomic mass is 9.72. The van der Waals surface area contributed by atoms with Gasteiger partial charge in [-0.15, -0.1) is 11.3 Å². The lowest BCUT2D eigenvalue weighted by molar-refractivity contribution is 0.0526. The van der Waals surface area contributed by atoms with Crippen molar-refractivity contribution in [3.05, 3.63) is 69.8 Å². The van der Waals surface area contributed by atoms with Crippen LogP contribution in [0.3, 0.4) is 0 Å². The van der Waals surface area contributed by atoms with Gasteiger partial charge in [-0.3, -0.25) is 4.79 Å². The highest BCUT2D eigenvalue weighted by Gasteiger charge is 2.34. The maximum atomic E-state index is 13.8. The van der Waals surface area contributed by atoms with Crippen LogP contribution in [0.5, 0.6) is 0 Å². The Labute approximate surface area is 221 Å². The van der Waals surface area contributed by atoms with Gasteiger partial charge in [-0.1, -0.05) is 39.0 Å². The molecule has 3 aromatic heterocycles. The second-order valence-corrected chi connectivity index (χ2v) is 11.8. The Bertz CT molecular complexity index is 1490. The number of nitrogens with one attached hydrogen (secondary N) is 1. The number of pyridine rings is 1. The number of anilines is 1. The fourth-order valence-corrected chi connectivity index (χ4v) is 6.38. The standard InChI is InChI=1S/C30H32N2O4S/c1-6-35-29(34)26-20-13-12-18(30(3,4)5)15-25(20)37-28(26)32-27(33)21-16-23(24-14-11-17(2)36-24)31-22-10-8-7-9-19(21)22/h7-11,14,16,18H,6,12-13,15H2,1-5H3,(H,32,33). The van der Waals surface area contributed by atoms with Gasteiger partial charge in [-0.25, -0.2) is 9.78 Å². The first-order valence-electron chi connectivity index (χ1n) is 12.7. The summed E-state index contributed by atoms with van der Waals surface area (Å²) >= 11 is 1.50. The van der Waals surface area contributed by atoms with Crippen LogP contribution in [-0.4, -0.2) is 23.5 Å². The first kappa shape index (κ1) is 25.2. The van der Waals surface area contributed by atoms with Crippen molar-refractivity contribution in [1.29, 1.82) is 0 Å². The number of ether oxygens (including phenoxy) is 1. The summed E-state index contributed by atoms with van der Waals surface area (Å²) in [6.07, 6.45) is 2.71. The van der Waals surface area contributed by atoms with Crippen molar-refractivity contribution in [3.63, 3.8) is 0 Å². The van der Waals surface area contributed by atoms with Crippen LogP contribution < -0.4 is 5.32 Å². The van der Waals surface area contributed by atoms with Gasteiger partial charge in [0.25, 0.3) is 5.91 Å². The molecule has 0 saturated heterocycles. The molecule has 1 amide bonds. The molecular formula is C30H32N2O4S. The third-order valence-corrected chi connectivity index (χ3v) is 8.32. The molecule has 1 aliphatic carbocycles. The summed E-state index contributed by atoms with van der Waals surface area (Å²) in [5, 5.41) is 4.36. The van der Waals surface area contributed by atoms with Crippen LogP contribution in [0, 0.1) is 18.3 Å². The molecule has 1 aliphatic rings. The number of rotatable bonds is 5. The second kappa shape index (κ2) is 9.78. The first-order valence-corrected chi connectivity index (χ1v) is 13.6. The predicted octanol–water partition coefficient (Wildman–Crippen LogP) is 7.44. The fraction of sp³-hybridized carbons (Fsp3) is 0.367. The number of amides is 1. The predicted molar refractivity (Wildman–Crippen MR) is 147 cm³/mol. The van der Waals surface area contributed by atoms with E-state index in [0.29, 0.717) is 39.0 Å². The van der Waals surface area contributed by atoms with Gasteiger partial charge in [-0.05, 0) is 74.3 Å². The smallest absolute Gasteiger partial charge is 0.341 e. The van der Waals surface area contributed by atoms with Crippen molar-refractivity contribution < 1.29 is 18.7 Å². The van der Waals surface area contributed by atoms with Crippen LogP contribution in [-0.2, 0) is 17.6 Å². The molecule has 6 nitrogen and oxygen atoms in total. The summed E-state index contributed by atoms with van der Waals surface area (Å²) in [7, 11) is 0. The number of carbonyl (C=O) groups excluding carboxylic acids is 2. The minimum absolute atomic E-state index is 0.172. The number of thiophene rings is 1. The molecule has 0 saturated carbocycles. The van der Waals surface area contributed by atoms with E-state index in [1.807, 2.05) is 43.3 Å². The molecular weight excluding hydrogens is 484 g/mol. The van der Waals surface area contributed by atoms with Gasteiger partial charge in [-0.2, -0.15) is 0 Å². The zero-order chi connectivity index (χ0) is 26.3. The minimum Gasteiger partial charge on any atom is -0.462 e. The summed E-state index contributed by atoms with van der Waals surface area (Å²) in [6, 6.07) is 13.0.